The molecular weight excluding hydrogens is 300 g/mol. The van der Waals surface area contributed by atoms with Crippen LogP contribution in [-0.4, -0.2) is 22.5 Å². The van der Waals surface area contributed by atoms with Crippen molar-refractivity contribution < 1.29 is 0 Å². The quantitative estimate of drug-likeness (QED) is 0.727. The van der Waals surface area contributed by atoms with Crippen molar-refractivity contribution in [1.29, 1.82) is 0 Å². The lowest BCUT2D eigenvalue weighted by molar-refractivity contribution is 0.240. The number of thiazole rings is 1. The number of aromatic nitrogens is 1. The molecule has 0 bridgehead atoms. The third-order valence-corrected chi connectivity index (χ3v) is 5.43. The van der Waals surface area contributed by atoms with Crippen molar-refractivity contribution in [1.82, 2.24) is 9.88 Å². The van der Waals surface area contributed by atoms with Gasteiger partial charge in [0.2, 0.25) is 0 Å². The van der Waals surface area contributed by atoms with E-state index in [4.69, 9.17) is 11.6 Å². The molecule has 1 fully saturated rings. The van der Waals surface area contributed by atoms with Crippen LogP contribution in [-0.2, 0) is 12.4 Å². The van der Waals surface area contributed by atoms with Crippen molar-refractivity contribution in [3.8, 4) is 10.6 Å². The summed E-state index contributed by atoms with van der Waals surface area (Å²) >= 11 is 7.52. The van der Waals surface area contributed by atoms with E-state index in [1.165, 1.54) is 36.9 Å². The molecule has 1 unspecified atom stereocenters. The molecule has 0 radical (unpaired) electrons. The third kappa shape index (κ3) is 3.47. The SMILES string of the molecule is CCC1CCCN1Cc1cccc(-c2nc(CCl)cs2)c1. The van der Waals surface area contributed by atoms with Crippen LogP contribution in [0.5, 0.6) is 0 Å². The smallest absolute Gasteiger partial charge is 0.123 e. The average Bonchev–Trinajstić information content (AvgIpc) is 3.16. The van der Waals surface area contributed by atoms with Crippen LogP contribution >= 0.6 is 22.9 Å². The van der Waals surface area contributed by atoms with Gasteiger partial charge in [0.1, 0.15) is 5.01 Å². The molecule has 1 aromatic heterocycles. The van der Waals surface area contributed by atoms with Gasteiger partial charge >= 0.3 is 0 Å². The summed E-state index contributed by atoms with van der Waals surface area (Å²) < 4.78 is 0. The normalized spacial score (nSPS) is 19.2. The Hall–Kier alpha value is -0.900. The zero-order valence-electron chi connectivity index (χ0n) is 12.4. The zero-order chi connectivity index (χ0) is 14.7. The molecule has 2 aromatic rings. The number of nitrogens with zero attached hydrogens (tertiary/aromatic N) is 2. The van der Waals surface area contributed by atoms with Gasteiger partial charge in [-0.25, -0.2) is 4.98 Å². The summed E-state index contributed by atoms with van der Waals surface area (Å²) in [6, 6.07) is 9.55. The fraction of sp³-hybridized carbons (Fsp3) is 0.471. The van der Waals surface area contributed by atoms with Crippen LogP contribution in [0.3, 0.4) is 0 Å². The minimum Gasteiger partial charge on any atom is -0.296 e. The van der Waals surface area contributed by atoms with Crippen molar-refractivity contribution >= 4 is 22.9 Å². The van der Waals surface area contributed by atoms with Gasteiger partial charge in [-0.15, -0.1) is 22.9 Å². The molecule has 2 nitrogen and oxygen atoms in total. The fourth-order valence-electron chi connectivity index (χ4n) is 3.10. The largest absolute Gasteiger partial charge is 0.296 e. The lowest BCUT2D eigenvalue weighted by atomic mass is 10.1. The summed E-state index contributed by atoms with van der Waals surface area (Å²) in [5, 5.41) is 3.11. The minimum absolute atomic E-state index is 0.488. The summed E-state index contributed by atoms with van der Waals surface area (Å²) in [6.45, 7) is 4.58. The fourth-order valence-corrected chi connectivity index (χ4v) is 4.15. The molecule has 0 amide bonds. The van der Waals surface area contributed by atoms with Crippen LogP contribution in [0.1, 0.15) is 37.4 Å². The number of halogens is 1. The van der Waals surface area contributed by atoms with E-state index >= 15 is 0 Å². The van der Waals surface area contributed by atoms with E-state index in [0.29, 0.717) is 5.88 Å². The van der Waals surface area contributed by atoms with Crippen LogP contribution < -0.4 is 0 Å². The first-order valence-electron chi connectivity index (χ1n) is 7.64. The van der Waals surface area contributed by atoms with Crippen LogP contribution in [0.15, 0.2) is 29.6 Å². The Morgan fingerprint density at radius 2 is 2.33 bits per heavy atom. The molecule has 3 rings (SSSR count). The average molecular weight is 321 g/mol. The Morgan fingerprint density at radius 3 is 3.10 bits per heavy atom. The molecule has 0 spiro atoms. The van der Waals surface area contributed by atoms with Crippen molar-refractivity contribution in [2.45, 2.75) is 44.7 Å². The van der Waals surface area contributed by atoms with Gasteiger partial charge in [0, 0.05) is 23.5 Å². The summed E-state index contributed by atoms with van der Waals surface area (Å²) in [4.78, 5) is 7.19. The Bertz CT molecular complexity index is 596. The predicted octanol–water partition coefficient (Wildman–Crippen LogP) is 4.92. The standard InChI is InChI=1S/C17H21ClN2S/c1-2-16-7-4-8-20(16)11-13-5-3-6-14(9-13)17-19-15(10-18)12-21-17/h3,5-6,9,12,16H,2,4,7-8,10-11H2,1H3. The first-order chi connectivity index (χ1) is 10.3. The predicted molar refractivity (Wildman–Crippen MR) is 90.8 cm³/mol. The highest BCUT2D eigenvalue weighted by atomic mass is 35.5. The number of hydrogen-bond acceptors (Lipinski definition) is 3. The van der Waals surface area contributed by atoms with E-state index in [1.54, 1.807) is 11.3 Å². The highest BCUT2D eigenvalue weighted by molar-refractivity contribution is 7.13. The number of rotatable bonds is 5. The Balaban J connectivity index is 1.76. The molecule has 1 atom stereocenters. The molecule has 1 aliphatic heterocycles. The van der Waals surface area contributed by atoms with E-state index in [9.17, 15) is 0 Å². The second kappa shape index (κ2) is 6.91. The first-order valence-corrected chi connectivity index (χ1v) is 9.05. The monoisotopic (exact) mass is 320 g/mol. The Morgan fingerprint density at radius 1 is 1.43 bits per heavy atom. The first kappa shape index (κ1) is 15.0. The van der Waals surface area contributed by atoms with E-state index < -0.39 is 0 Å². The van der Waals surface area contributed by atoms with E-state index in [1.807, 2.05) is 5.38 Å². The maximum atomic E-state index is 5.84. The molecule has 1 aliphatic rings. The molecular formula is C17H21ClN2S. The topological polar surface area (TPSA) is 16.1 Å². The van der Waals surface area contributed by atoms with Gasteiger partial charge in [0.15, 0.2) is 0 Å². The molecule has 4 heteroatoms. The van der Waals surface area contributed by atoms with Crippen molar-refractivity contribution in [2.75, 3.05) is 6.54 Å². The van der Waals surface area contributed by atoms with Gasteiger partial charge in [0.05, 0.1) is 11.6 Å². The van der Waals surface area contributed by atoms with Crippen molar-refractivity contribution in [3.05, 3.63) is 40.9 Å². The lowest BCUT2D eigenvalue weighted by Gasteiger charge is -2.23. The van der Waals surface area contributed by atoms with Gasteiger partial charge in [-0.3, -0.25) is 4.90 Å². The maximum absolute atomic E-state index is 5.84. The van der Waals surface area contributed by atoms with Crippen LogP contribution in [0.4, 0.5) is 0 Å². The van der Waals surface area contributed by atoms with Crippen LogP contribution in [0.2, 0.25) is 0 Å². The summed E-state index contributed by atoms with van der Waals surface area (Å²) in [7, 11) is 0. The summed E-state index contributed by atoms with van der Waals surface area (Å²) in [5.74, 6) is 0.488. The number of hydrogen-bond donors (Lipinski definition) is 0. The molecule has 21 heavy (non-hydrogen) atoms. The van der Waals surface area contributed by atoms with Gasteiger partial charge in [0.25, 0.3) is 0 Å². The van der Waals surface area contributed by atoms with Gasteiger partial charge in [-0.1, -0.05) is 25.1 Å². The molecule has 0 aliphatic carbocycles. The maximum Gasteiger partial charge on any atom is 0.123 e. The number of alkyl halides is 1. The summed E-state index contributed by atoms with van der Waals surface area (Å²) in [5.41, 5.74) is 3.56. The van der Waals surface area contributed by atoms with Crippen molar-refractivity contribution in [3.63, 3.8) is 0 Å². The van der Waals surface area contributed by atoms with E-state index in [-0.39, 0.29) is 0 Å². The van der Waals surface area contributed by atoms with E-state index in [2.05, 4.69) is 41.1 Å². The number of benzene rings is 1. The highest BCUT2D eigenvalue weighted by Crippen LogP contribution is 2.27. The van der Waals surface area contributed by atoms with Crippen LogP contribution in [0, 0.1) is 0 Å². The highest BCUT2D eigenvalue weighted by Gasteiger charge is 2.22. The molecule has 1 saturated heterocycles. The molecule has 2 heterocycles. The lowest BCUT2D eigenvalue weighted by Crippen LogP contribution is -2.28. The van der Waals surface area contributed by atoms with Crippen molar-refractivity contribution in [2.24, 2.45) is 0 Å². The minimum atomic E-state index is 0.488. The summed E-state index contributed by atoms with van der Waals surface area (Å²) in [6.07, 6.45) is 3.94. The second-order valence-corrected chi connectivity index (χ2v) is 6.78. The second-order valence-electron chi connectivity index (χ2n) is 5.65. The van der Waals surface area contributed by atoms with Gasteiger partial charge in [-0.05, 0) is 37.4 Å². The molecule has 0 N–H and O–H groups in total. The number of likely N-dealkylation sites (tertiary alicyclic amines) is 1. The molecule has 112 valence electrons. The third-order valence-electron chi connectivity index (χ3n) is 4.22. The zero-order valence-corrected chi connectivity index (χ0v) is 14.0. The molecule has 0 saturated carbocycles. The van der Waals surface area contributed by atoms with Gasteiger partial charge < -0.3 is 0 Å². The molecule has 1 aromatic carbocycles. The van der Waals surface area contributed by atoms with Crippen LogP contribution in [0.25, 0.3) is 10.6 Å². The Labute approximate surface area is 135 Å². The van der Waals surface area contributed by atoms with Gasteiger partial charge in [-0.2, -0.15) is 0 Å². The van der Waals surface area contributed by atoms with E-state index in [0.717, 1.165) is 23.3 Å². The Kier molecular flexibility index (Phi) is 4.94.